The molecule has 2 aromatic heterocycles. The van der Waals surface area contributed by atoms with Gasteiger partial charge in [0.25, 0.3) is 0 Å². The number of nitrogens with zero attached hydrogens (tertiary/aromatic N) is 4. The number of imidazole rings is 1. The molecule has 0 amide bonds. The van der Waals surface area contributed by atoms with Gasteiger partial charge in [0.05, 0.1) is 27.8 Å². The second-order valence-electron chi connectivity index (χ2n) is 7.38. The largest absolute Gasteiger partial charge is 0.487 e. The normalized spacial score (nSPS) is 11.0. The van der Waals surface area contributed by atoms with Crippen molar-refractivity contribution in [2.75, 3.05) is 0 Å². The van der Waals surface area contributed by atoms with Crippen LogP contribution in [-0.2, 0) is 6.61 Å². The minimum atomic E-state index is -0.786. The zero-order valence-corrected chi connectivity index (χ0v) is 18.2. The fourth-order valence-electron chi connectivity index (χ4n) is 3.45. The Morgan fingerprint density at radius 1 is 1.06 bits per heavy atom. The summed E-state index contributed by atoms with van der Waals surface area (Å²) in [6.45, 7) is -0.000661. The number of hydrogen-bond acceptors (Lipinski definition) is 5. The van der Waals surface area contributed by atoms with E-state index < -0.39 is 17.4 Å². The molecule has 0 radical (unpaired) electrons. The Morgan fingerprint density at radius 2 is 1.94 bits per heavy atom. The Hall–Kier alpha value is -4.17. The molecular formula is C25H15ClF2N4O2. The molecule has 0 saturated heterocycles. The van der Waals surface area contributed by atoms with Gasteiger partial charge in [0.2, 0.25) is 0 Å². The lowest BCUT2D eigenvalue weighted by Crippen LogP contribution is -2.08. The number of fused-ring (bicyclic) bond motifs is 1. The van der Waals surface area contributed by atoms with E-state index >= 15 is 0 Å². The van der Waals surface area contributed by atoms with Gasteiger partial charge >= 0.3 is 0 Å². The first-order chi connectivity index (χ1) is 16.5. The highest BCUT2D eigenvalue weighted by Crippen LogP contribution is 2.33. The van der Waals surface area contributed by atoms with Gasteiger partial charge in [0, 0.05) is 18.0 Å². The predicted molar refractivity (Wildman–Crippen MR) is 122 cm³/mol. The van der Waals surface area contributed by atoms with Gasteiger partial charge in [-0.2, -0.15) is 0 Å². The molecule has 34 heavy (non-hydrogen) atoms. The molecule has 0 saturated carbocycles. The van der Waals surface area contributed by atoms with E-state index in [1.165, 1.54) is 30.3 Å². The molecule has 2 heterocycles. The van der Waals surface area contributed by atoms with Gasteiger partial charge in [-0.05, 0) is 48.0 Å². The van der Waals surface area contributed by atoms with Gasteiger partial charge in [-0.1, -0.05) is 23.7 Å². The Balaban J connectivity index is 1.47. The second-order valence-corrected chi connectivity index (χ2v) is 7.76. The smallest absolute Gasteiger partial charge is 0.197 e. The molecule has 5 aromatic rings. The van der Waals surface area contributed by atoms with Crippen molar-refractivity contribution in [3.8, 4) is 11.6 Å². The number of benzene rings is 3. The van der Waals surface area contributed by atoms with Crippen molar-refractivity contribution in [3.63, 3.8) is 0 Å². The quantitative estimate of drug-likeness (QED) is 0.300. The van der Waals surface area contributed by atoms with E-state index in [1.54, 1.807) is 47.7 Å². The summed E-state index contributed by atoms with van der Waals surface area (Å²) in [5, 5.41) is -0.167. The van der Waals surface area contributed by atoms with Gasteiger partial charge in [-0.25, -0.2) is 18.7 Å². The van der Waals surface area contributed by atoms with E-state index in [9.17, 15) is 13.6 Å². The van der Waals surface area contributed by atoms with Crippen molar-refractivity contribution in [2.45, 2.75) is 6.61 Å². The van der Waals surface area contributed by atoms with Crippen LogP contribution in [0.4, 0.5) is 8.78 Å². The molecule has 0 fully saturated rings. The molecule has 3 aromatic carbocycles. The van der Waals surface area contributed by atoms with Crippen LogP contribution in [0, 0.1) is 11.6 Å². The van der Waals surface area contributed by atoms with E-state index in [2.05, 4.69) is 15.0 Å². The molecule has 0 aliphatic rings. The fraction of sp³-hybridized carbons (Fsp3) is 0.0400. The third-order valence-electron chi connectivity index (χ3n) is 5.13. The van der Waals surface area contributed by atoms with Crippen LogP contribution < -0.4 is 4.74 Å². The standard InChI is InChI=1S/C25H15ClF2N4O2/c26-24-21(34-13-15-2-1-3-17(27)10-15)7-5-18(28)23(24)25(33)16-4-6-19-20(11-16)31-22(12-30-19)32-9-8-29-14-32/h1-12,14H,13H2. The third-order valence-corrected chi connectivity index (χ3v) is 5.50. The molecular weight excluding hydrogens is 462 g/mol. The first kappa shape index (κ1) is 21.7. The molecule has 0 N–H and O–H groups in total. The van der Waals surface area contributed by atoms with Crippen LogP contribution in [0.1, 0.15) is 21.5 Å². The molecule has 0 aliphatic carbocycles. The van der Waals surface area contributed by atoms with Crippen LogP contribution in [0.25, 0.3) is 16.9 Å². The zero-order chi connectivity index (χ0) is 23.7. The topological polar surface area (TPSA) is 69.9 Å². The van der Waals surface area contributed by atoms with Gasteiger partial charge < -0.3 is 4.74 Å². The van der Waals surface area contributed by atoms with E-state index in [0.717, 1.165) is 6.07 Å². The van der Waals surface area contributed by atoms with Crippen LogP contribution in [0.5, 0.6) is 5.75 Å². The summed E-state index contributed by atoms with van der Waals surface area (Å²) in [6.07, 6.45) is 6.49. The molecule has 0 atom stereocenters. The lowest BCUT2D eigenvalue weighted by atomic mass is 10.0. The predicted octanol–water partition coefficient (Wildman–Crippen LogP) is 5.56. The molecule has 0 aliphatic heterocycles. The van der Waals surface area contributed by atoms with Gasteiger partial charge in [0.1, 0.15) is 30.3 Å². The fourth-order valence-corrected chi connectivity index (χ4v) is 3.74. The summed E-state index contributed by atoms with van der Waals surface area (Å²) in [5.74, 6) is -1.19. The van der Waals surface area contributed by atoms with Gasteiger partial charge in [-0.15, -0.1) is 0 Å². The van der Waals surface area contributed by atoms with Crippen molar-refractivity contribution in [3.05, 3.63) is 113 Å². The van der Waals surface area contributed by atoms with Crippen LogP contribution in [0.2, 0.25) is 5.02 Å². The van der Waals surface area contributed by atoms with E-state index in [-0.39, 0.29) is 28.5 Å². The number of rotatable bonds is 6. The van der Waals surface area contributed by atoms with Gasteiger partial charge in [0.15, 0.2) is 11.6 Å². The Bertz CT molecular complexity index is 1520. The summed E-state index contributed by atoms with van der Waals surface area (Å²) in [7, 11) is 0. The maximum absolute atomic E-state index is 14.7. The summed E-state index contributed by atoms with van der Waals surface area (Å²) < 4.78 is 35.4. The average molecular weight is 477 g/mol. The van der Waals surface area contributed by atoms with Crippen molar-refractivity contribution in [2.24, 2.45) is 0 Å². The minimum absolute atomic E-state index is 0.000661. The Morgan fingerprint density at radius 3 is 2.74 bits per heavy atom. The minimum Gasteiger partial charge on any atom is -0.487 e. The number of ketones is 1. The molecule has 9 heteroatoms. The van der Waals surface area contributed by atoms with Crippen LogP contribution in [0.15, 0.2) is 79.5 Å². The van der Waals surface area contributed by atoms with Crippen LogP contribution >= 0.6 is 11.6 Å². The van der Waals surface area contributed by atoms with Crippen molar-refractivity contribution >= 4 is 28.4 Å². The first-order valence-electron chi connectivity index (χ1n) is 10.1. The number of carbonyl (C=O) groups is 1. The average Bonchev–Trinajstić information content (AvgIpc) is 3.38. The zero-order valence-electron chi connectivity index (χ0n) is 17.5. The Kier molecular flexibility index (Phi) is 5.73. The number of aromatic nitrogens is 4. The molecule has 5 rings (SSSR count). The number of halogens is 3. The molecule has 0 unspecified atom stereocenters. The summed E-state index contributed by atoms with van der Waals surface area (Å²) in [4.78, 5) is 26.1. The second kappa shape index (κ2) is 8.99. The molecule has 0 spiro atoms. The van der Waals surface area contributed by atoms with Crippen molar-refractivity contribution in [1.29, 1.82) is 0 Å². The highest BCUT2D eigenvalue weighted by Gasteiger charge is 2.22. The third kappa shape index (κ3) is 4.23. The number of carbonyl (C=O) groups excluding carboxylic acids is 1. The number of hydrogen-bond donors (Lipinski definition) is 0. The maximum Gasteiger partial charge on any atom is 0.197 e. The summed E-state index contributed by atoms with van der Waals surface area (Å²) in [5.41, 5.74) is 1.45. The van der Waals surface area contributed by atoms with Crippen molar-refractivity contribution < 1.29 is 18.3 Å². The highest BCUT2D eigenvalue weighted by molar-refractivity contribution is 6.36. The van der Waals surface area contributed by atoms with Crippen LogP contribution in [-0.4, -0.2) is 25.3 Å². The van der Waals surface area contributed by atoms with E-state index in [4.69, 9.17) is 16.3 Å². The molecule has 6 nitrogen and oxygen atoms in total. The van der Waals surface area contributed by atoms with Crippen molar-refractivity contribution in [1.82, 2.24) is 19.5 Å². The van der Waals surface area contributed by atoms with E-state index in [1.807, 2.05) is 0 Å². The van der Waals surface area contributed by atoms with Gasteiger partial charge in [-0.3, -0.25) is 14.3 Å². The Labute approximate surface area is 197 Å². The maximum atomic E-state index is 14.7. The lowest BCUT2D eigenvalue weighted by Gasteiger charge is -2.12. The summed E-state index contributed by atoms with van der Waals surface area (Å²) >= 11 is 6.37. The monoisotopic (exact) mass is 476 g/mol. The summed E-state index contributed by atoms with van der Waals surface area (Å²) in [6, 6.07) is 13.0. The molecule has 168 valence electrons. The first-order valence-corrected chi connectivity index (χ1v) is 10.5. The molecule has 0 bridgehead atoms. The van der Waals surface area contributed by atoms with E-state index in [0.29, 0.717) is 22.4 Å². The number of ether oxygens (including phenoxy) is 1. The SMILES string of the molecule is O=C(c1ccc2ncc(-n3ccnc3)nc2c1)c1c(F)ccc(OCc2cccc(F)c2)c1Cl. The van der Waals surface area contributed by atoms with Crippen LogP contribution in [0.3, 0.4) is 0 Å². The lowest BCUT2D eigenvalue weighted by molar-refractivity contribution is 0.103. The highest BCUT2D eigenvalue weighted by atomic mass is 35.5.